The highest BCUT2D eigenvalue weighted by Gasteiger charge is 2.45. The number of benzene rings is 1. The monoisotopic (exact) mass is 311 g/mol. The van der Waals surface area contributed by atoms with Crippen molar-refractivity contribution >= 4 is 11.0 Å². The van der Waals surface area contributed by atoms with Crippen LogP contribution in [-0.4, -0.2) is 14.8 Å². The third kappa shape index (κ3) is 1.58. The van der Waals surface area contributed by atoms with Gasteiger partial charge in [-0.25, -0.2) is 4.79 Å². The third-order valence-electron chi connectivity index (χ3n) is 4.72. The van der Waals surface area contributed by atoms with Crippen molar-refractivity contribution < 1.29 is 19.4 Å². The van der Waals surface area contributed by atoms with Gasteiger partial charge in [-0.1, -0.05) is 0 Å². The lowest BCUT2D eigenvalue weighted by atomic mass is 9.95. The first-order valence-electron chi connectivity index (χ1n) is 7.49. The van der Waals surface area contributed by atoms with Gasteiger partial charge in [0.05, 0.1) is 29.0 Å². The van der Waals surface area contributed by atoms with Crippen molar-refractivity contribution in [3.63, 3.8) is 0 Å². The molecule has 4 heterocycles. The van der Waals surface area contributed by atoms with Crippen molar-refractivity contribution in [1.29, 1.82) is 0 Å². The van der Waals surface area contributed by atoms with Crippen LogP contribution in [0.15, 0.2) is 39.5 Å². The summed E-state index contributed by atoms with van der Waals surface area (Å²) in [5.41, 5.74) is 2.04. The molecule has 2 aliphatic rings. The quantitative estimate of drug-likeness (QED) is 0.675. The molecule has 5 rings (SSSR count). The smallest absolute Gasteiger partial charge is 0.336 e. The molecule has 3 aromatic rings. The molecule has 2 aromatic heterocycles. The molecule has 0 saturated carbocycles. The number of aromatic hydroxyl groups is 2. The van der Waals surface area contributed by atoms with Gasteiger partial charge < -0.3 is 19.4 Å². The maximum Gasteiger partial charge on any atom is 0.336 e. The fourth-order valence-corrected chi connectivity index (χ4v) is 3.72. The summed E-state index contributed by atoms with van der Waals surface area (Å²) in [7, 11) is 0. The van der Waals surface area contributed by atoms with Gasteiger partial charge in [-0.3, -0.25) is 4.57 Å². The van der Waals surface area contributed by atoms with E-state index in [1.165, 1.54) is 10.6 Å². The van der Waals surface area contributed by atoms with Gasteiger partial charge in [0.25, 0.3) is 0 Å². The Kier molecular flexibility index (Phi) is 2.32. The predicted octanol–water partition coefficient (Wildman–Crippen LogP) is 2.90. The average Bonchev–Trinajstić information content (AvgIpc) is 3.21. The lowest BCUT2D eigenvalue weighted by Gasteiger charge is -2.10. The first-order chi connectivity index (χ1) is 11.1. The molecule has 0 spiro atoms. The van der Waals surface area contributed by atoms with Crippen molar-refractivity contribution in [2.45, 2.75) is 25.0 Å². The molecule has 116 valence electrons. The summed E-state index contributed by atoms with van der Waals surface area (Å²) < 4.78 is 12.3. The van der Waals surface area contributed by atoms with Gasteiger partial charge in [0, 0.05) is 11.5 Å². The summed E-state index contributed by atoms with van der Waals surface area (Å²) in [4.78, 5) is 11.3. The molecule has 1 fully saturated rings. The number of nitrogens with zero attached hydrogens (tertiary/aromatic N) is 1. The second-order valence-corrected chi connectivity index (χ2v) is 5.98. The van der Waals surface area contributed by atoms with E-state index < -0.39 is 5.63 Å². The van der Waals surface area contributed by atoms with Crippen LogP contribution < -0.4 is 5.63 Å². The lowest BCUT2D eigenvalue weighted by molar-refractivity contribution is 0.0683. The minimum Gasteiger partial charge on any atom is -0.494 e. The predicted molar refractivity (Wildman–Crippen MR) is 80.9 cm³/mol. The molecule has 1 saturated heterocycles. The first kappa shape index (κ1) is 12.8. The Morgan fingerprint density at radius 2 is 1.70 bits per heavy atom. The Labute approximate surface area is 130 Å². The van der Waals surface area contributed by atoms with E-state index >= 15 is 0 Å². The van der Waals surface area contributed by atoms with Gasteiger partial charge >= 0.3 is 5.63 Å². The van der Waals surface area contributed by atoms with Crippen LogP contribution in [-0.2, 0) is 4.74 Å². The number of fused-ring (bicyclic) bond motifs is 6. The molecular weight excluding hydrogens is 298 g/mol. The van der Waals surface area contributed by atoms with Gasteiger partial charge in [0.15, 0.2) is 0 Å². The average molecular weight is 311 g/mol. The van der Waals surface area contributed by atoms with E-state index in [0.717, 1.165) is 12.8 Å². The summed E-state index contributed by atoms with van der Waals surface area (Å²) in [5.74, 6) is 0.0304. The minimum atomic E-state index is -0.412. The van der Waals surface area contributed by atoms with E-state index in [1.54, 1.807) is 24.3 Å². The van der Waals surface area contributed by atoms with Crippen LogP contribution in [0.2, 0.25) is 0 Å². The SMILES string of the molecule is O=c1ccc2cc(-n3c(O)c4c(c3O)[C@H]3CC[C@@H]4O3)ccc2o1. The Hall–Kier alpha value is -2.73. The van der Waals surface area contributed by atoms with Crippen molar-refractivity contribution in [1.82, 2.24) is 4.57 Å². The highest BCUT2D eigenvalue weighted by molar-refractivity contribution is 5.79. The van der Waals surface area contributed by atoms with Crippen LogP contribution in [0, 0.1) is 0 Å². The molecule has 0 aliphatic carbocycles. The molecule has 6 heteroatoms. The van der Waals surface area contributed by atoms with Crippen LogP contribution in [0.25, 0.3) is 16.7 Å². The number of rotatable bonds is 1. The second kappa shape index (κ2) is 4.17. The molecule has 0 radical (unpaired) electrons. The van der Waals surface area contributed by atoms with E-state index in [-0.39, 0.29) is 24.0 Å². The summed E-state index contributed by atoms with van der Waals surface area (Å²) in [6.07, 6.45) is 1.44. The van der Waals surface area contributed by atoms with Gasteiger partial charge in [0.2, 0.25) is 11.8 Å². The highest BCUT2D eigenvalue weighted by Crippen LogP contribution is 2.58. The van der Waals surface area contributed by atoms with Crippen LogP contribution >= 0.6 is 0 Å². The van der Waals surface area contributed by atoms with E-state index in [2.05, 4.69) is 0 Å². The third-order valence-corrected chi connectivity index (χ3v) is 4.72. The zero-order valence-electron chi connectivity index (χ0n) is 12.0. The van der Waals surface area contributed by atoms with Crippen LogP contribution in [0.3, 0.4) is 0 Å². The Morgan fingerprint density at radius 1 is 1.00 bits per heavy atom. The summed E-state index contributed by atoms with van der Waals surface area (Å²) in [6, 6.07) is 8.11. The van der Waals surface area contributed by atoms with Gasteiger partial charge in [-0.05, 0) is 37.1 Å². The molecule has 0 unspecified atom stereocenters. The first-order valence-corrected chi connectivity index (χ1v) is 7.49. The van der Waals surface area contributed by atoms with Gasteiger partial charge in [0.1, 0.15) is 5.58 Å². The number of hydrogen-bond acceptors (Lipinski definition) is 5. The highest BCUT2D eigenvalue weighted by atomic mass is 16.5. The number of hydrogen-bond donors (Lipinski definition) is 2. The standard InChI is InChI=1S/C17H13NO5/c19-13-6-1-8-7-9(2-3-10(8)23-13)18-16(20)14-11-4-5-12(22-11)15(14)17(18)21/h1-3,6-7,11-12,20-21H,4-5H2/t11-,12+. The maximum absolute atomic E-state index is 11.3. The summed E-state index contributed by atoms with van der Waals surface area (Å²) in [5, 5.41) is 21.9. The molecule has 2 N–H and O–H groups in total. The minimum absolute atomic E-state index is 0.0152. The maximum atomic E-state index is 11.3. The molecule has 2 atom stereocenters. The van der Waals surface area contributed by atoms with Crippen LogP contribution in [0.5, 0.6) is 11.8 Å². The topological polar surface area (TPSA) is 84.8 Å². The van der Waals surface area contributed by atoms with Crippen LogP contribution in [0.4, 0.5) is 0 Å². The molecule has 6 nitrogen and oxygen atoms in total. The van der Waals surface area contributed by atoms with Crippen molar-refractivity contribution in [2.24, 2.45) is 0 Å². The zero-order valence-corrected chi connectivity index (χ0v) is 12.0. The van der Waals surface area contributed by atoms with E-state index in [0.29, 0.717) is 27.8 Å². The zero-order chi connectivity index (χ0) is 15.7. The largest absolute Gasteiger partial charge is 0.494 e. The normalized spacial score (nSPS) is 21.9. The van der Waals surface area contributed by atoms with Gasteiger partial charge in [-0.15, -0.1) is 0 Å². The van der Waals surface area contributed by atoms with E-state index in [4.69, 9.17) is 9.15 Å². The van der Waals surface area contributed by atoms with Crippen LogP contribution in [0.1, 0.15) is 36.2 Å². The summed E-state index contributed by atoms with van der Waals surface area (Å²) in [6.45, 7) is 0. The summed E-state index contributed by atoms with van der Waals surface area (Å²) >= 11 is 0. The van der Waals surface area contributed by atoms with Crippen molar-refractivity contribution in [3.8, 4) is 17.4 Å². The Bertz CT molecular complexity index is 982. The Balaban J connectivity index is 1.74. The molecule has 23 heavy (non-hydrogen) atoms. The van der Waals surface area contributed by atoms with Crippen molar-refractivity contribution in [3.05, 3.63) is 51.9 Å². The molecular formula is C17H13NO5. The van der Waals surface area contributed by atoms with E-state index in [1.807, 2.05) is 0 Å². The Morgan fingerprint density at radius 3 is 2.39 bits per heavy atom. The molecule has 2 bridgehead atoms. The lowest BCUT2D eigenvalue weighted by Crippen LogP contribution is -1.98. The fourth-order valence-electron chi connectivity index (χ4n) is 3.72. The molecule has 1 aromatic carbocycles. The van der Waals surface area contributed by atoms with Crippen molar-refractivity contribution in [2.75, 3.05) is 0 Å². The molecule has 2 aliphatic heterocycles. The second-order valence-electron chi connectivity index (χ2n) is 5.98. The van der Waals surface area contributed by atoms with E-state index in [9.17, 15) is 15.0 Å². The number of aromatic nitrogens is 1. The van der Waals surface area contributed by atoms with Gasteiger partial charge in [-0.2, -0.15) is 0 Å². The molecule has 0 amide bonds. The number of ether oxygens (including phenoxy) is 1. The fraction of sp³-hybridized carbons (Fsp3) is 0.235.